The van der Waals surface area contributed by atoms with Crippen molar-refractivity contribution in [1.29, 1.82) is 0 Å². The highest BCUT2D eigenvalue weighted by Crippen LogP contribution is 2.25. The topological polar surface area (TPSA) is 26.3 Å². The summed E-state index contributed by atoms with van der Waals surface area (Å²) < 4.78 is 18.5. The molecule has 1 aliphatic carbocycles. The quantitative estimate of drug-likeness (QED) is 0.785. The molecule has 0 saturated heterocycles. The van der Waals surface area contributed by atoms with E-state index in [4.69, 9.17) is 4.74 Å². The molecule has 0 heterocycles. The zero-order chi connectivity index (χ0) is 12.1. The van der Waals surface area contributed by atoms with Gasteiger partial charge in [-0.05, 0) is 18.9 Å². The summed E-state index contributed by atoms with van der Waals surface area (Å²) in [5, 5.41) is 0. The highest BCUT2D eigenvalue weighted by Gasteiger charge is 2.22. The number of hydrogen-bond acceptors (Lipinski definition) is 2. The van der Waals surface area contributed by atoms with Crippen molar-refractivity contribution in [2.75, 3.05) is 6.61 Å². The van der Waals surface area contributed by atoms with Crippen LogP contribution >= 0.6 is 0 Å². The van der Waals surface area contributed by atoms with E-state index in [1.165, 1.54) is 6.07 Å². The van der Waals surface area contributed by atoms with E-state index in [1.807, 2.05) is 0 Å². The SMILES string of the molecule is O=C(COCc1ccccc1F)C1CCCC1. The standard InChI is InChI=1S/C14H17FO2/c15-13-8-4-3-7-12(13)9-17-10-14(16)11-5-1-2-6-11/h3-4,7-8,11H,1-2,5-6,9-10H2. The Balaban J connectivity index is 1.76. The van der Waals surface area contributed by atoms with E-state index in [9.17, 15) is 9.18 Å². The summed E-state index contributed by atoms with van der Waals surface area (Å²) in [5.41, 5.74) is 0.506. The molecule has 1 fully saturated rings. The van der Waals surface area contributed by atoms with Crippen molar-refractivity contribution in [2.45, 2.75) is 32.3 Å². The average molecular weight is 236 g/mol. The molecule has 0 atom stereocenters. The normalized spacial score (nSPS) is 16.3. The van der Waals surface area contributed by atoms with Crippen LogP contribution in [-0.2, 0) is 16.1 Å². The highest BCUT2D eigenvalue weighted by molar-refractivity contribution is 5.82. The molecule has 2 nitrogen and oxygen atoms in total. The number of halogens is 1. The van der Waals surface area contributed by atoms with Crippen LogP contribution in [0.1, 0.15) is 31.2 Å². The third-order valence-corrected chi connectivity index (χ3v) is 3.27. The predicted molar refractivity (Wildman–Crippen MR) is 63.0 cm³/mol. The Morgan fingerprint density at radius 2 is 2.00 bits per heavy atom. The van der Waals surface area contributed by atoms with Gasteiger partial charge in [-0.15, -0.1) is 0 Å². The number of ether oxygens (including phenoxy) is 1. The third kappa shape index (κ3) is 3.37. The fraction of sp³-hybridized carbons (Fsp3) is 0.500. The van der Waals surface area contributed by atoms with Gasteiger partial charge in [0.2, 0.25) is 0 Å². The van der Waals surface area contributed by atoms with Gasteiger partial charge in [-0.1, -0.05) is 31.0 Å². The minimum absolute atomic E-state index is 0.110. The lowest BCUT2D eigenvalue weighted by Gasteiger charge is -2.08. The number of rotatable bonds is 5. The van der Waals surface area contributed by atoms with Crippen LogP contribution in [0, 0.1) is 11.7 Å². The number of hydrogen-bond donors (Lipinski definition) is 0. The Morgan fingerprint density at radius 3 is 2.71 bits per heavy atom. The number of Topliss-reactive ketones (excluding diaryl/α,β-unsaturated/α-hetero) is 1. The maximum Gasteiger partial charge on any atom is 0.161 e. The lowest BCUT2D eigenvalue weighted by atomic mass is 10.0. The summed E-state index contributed by atoms with van der Waals surface area (Å²) in [5.74, 6) is 0.0651. The van der Waals surface area contributed by atoms with Gasteiger partial charge in [0.15, 0.2) is 5.78 Å². The first-order valence-corrected chi connectivity index (χ1v) is 6.11. The van der Waals surface area contributed by atoms with Gasteiger partial charge in [0, 0.05) is 11.5 Å². The molecule has 0 spiro atoms. The Morgan fingerprint density at radius 1 is 1.29 bits per heavy atom. The Labute approximate surface area is 101 Å². The molecule has 1 aromatic carbocycles. The first kappa shape index (κ1) is 12.2. The van der Waals surface area contributed by atoms with Gasteiger partial charge in [0.05, 0.1) is 6.61 Å². The van der Waals surface area contributed by atoms with Crippen LogP contribution in [0.3, 0.4) is 0 Å². The van der Waals surface area contributed by atoms with Crippen molar-refractivity contribution in [1.82, 2.24) is 0 Å². The summed E-state index contributed by atoms with van der Waals surface area (Å²) in [6.45, 7) is 0.282. The van der Waals surface area contributed by atoms with Crippen LogP contribution in [-0.4, -0.2) is 12.4 Å². The van der Waals surface area contributed by atoms with Crippen LogP contribution in [0.2, 0.25) is 0 Å². The van der Waals surface area contributed by atoms with Crippen molar-refractivity contribution in [3.05, 3.63) is 35.6 Å². The molecule has 17 heavy (non-hydrogen) atoms. The number of ketones is 1. The molecule has 92 valence electrons. The molecule has 1 aromatic rings. The molecule has 0 radical (unpaired) electrons. The van der Waals surface area contributed by atoms with Gasteiger partial charge >= 0.3 is 0 Å². The van der Waals surface area contributed by atoms with Crippen LogP contribution in [0.5, 0.6) is 0 Å². The predicted octanol–water partition coefficient (Wildman–Crippen LogP) is 3.10. The van der Waals surface area contributed by atoms with Crippen LogP contribution in [0.4, 0.5) is 4.39 Å². The Bertz CT molecular complexity index is 384. The van der Waals surface area contributed by atoms with E-state index in [0.717, 1.165) is 25.7 Å². The summed E-state index contributed by atoms with van der Waals surface area (Å²) in [7, 11) is 0. The van der Waals surface area contributed by atoms with Gasteiger partial charge in [-0.2, -0.15) is 0 Å². The summed E-state index contributed by atoms with van der Waals surface area (Å²) in [6.07, 6.45) is 4.26. The molecule has 0 amide bonds. The first-order valence-electron chi connectivity index (χ1n) is 6.11. The molecule has 1 aliphatic rings. The fourth-order valence-electron chi connectivity index (χ4n) is 2.24. The molecule has 0 N–H and O–H groups in total. The number of carbonyl (C=O) groups excluding carboxylic acids is 1. The van der Waals surface area contributed by atoms with Crippen molar-refractivity contribution in [3.63, 3.8) is 0 Å². The zero-order valence-electron chi connectivity index (χ0n) is 9.82. The molecular formula is C14H17FO2. The lowest BCUT2D eigenvalue weighted by Crippen LogP contribution is -2.17. The monoisotopic (exact) mass is 236 g/mol. The van der Waals surface area contributed by atoms with E-state index in [0.29, 0.717) is 5.56 Å². The third-order valence-electron chi connectivity index (χ3n) is 3.27. The molecule has 2 rings (SSSR count). The van der Waals surface area contributed by atoms with E-state index in [1.54, 1.807) is 18.2 Å². The minimum Gasteiger partial charge on any atom is -0.369 e. The summed E-state index contributed by atoms with van der Waals surface area (Å²) in [6, 6.07) is 6.48. The van der Waals surface area contributed by atoms with Gasteiger partial charge < -0.3 is 4.74 Å². The van der Waals surface area contributed by atoms with E-state index < -0.39 is 0 Å². The average Bonchev–Trinajstić information content (AvgIpc) is 2.85. The maximum absolute atomic E-state index is 13.3. The largest absolute Gasteiger partial charge is 0.369 e. The van der Waals surface area contributed by atoms with Gasteiger partial charge in [0.1, 0.15) is 12.4 Å². The maximum atomic E-state index is 13.3. The fourth-order valence-corrected chi connectivity index (χ4v) is 2.24. The Kier molecular flexibility index (Phi) is 4.26. The van der Waals surface area contributed by atoms with Gasteiger partial charge in [-0.3, -0.25) is 4.79 Å². The molecule has 1 saturated carbocycles. The van der Waals surface area contributed by atoms with Crippen molar-refractivity contribution in [2.24, 2.45) is 5.92 Å². The minimum atomic E-state index is -0.277. The van der Waals surface area contributed by atoms with Crippen LogP contribution in [0.15, 0.2) is 24.3 Å². The van der Waals surface area contributed by atoms with Crippen molar-refractivity contribution < 1.29 is 13.9 Å². The second-order valence-corrected chi connectivity index (χ2v) is 4.53. The molecule has 0 aliphatic heterocycles. The van der Waals surface area contributed by atoms with Gasteiger partial charge in [0.25, 0.3) is 0 Å². The second kappa shape index (κ2) is 5.92. The van der Waals surface area contributed by atoms with Crippen LogP contribution in [0.25, 0.3) is 0 Å². The lowest BCUT2D eigenvalue weighted by molar-refractivity contribution is -0.127. The number of carbonyl (C=O) groups is 1. The molecular weight excluding hydrogens is 219 g/mol. The van der Waals surface area contributed by atoms with Crippen molar-refractivity contribution >= 4 is 5.78 Å². The highest BCUT2D eigenvalue weighted by atomic mass is 19.1. The zero-order valence-corrected chi connectivity index (χ0v) is 9.82. The smallest absolute Gasteiger partial charge is 0.161 e. The van der Waals surface area contributed by atoms with E-state index >= 15 is 0 Å². The summed E-state index contributed by atoms with van der Waals surface area (Å²) >= 11 is 0. The first-order chi connectivity index (χ1) is 8.27. The molecule has 3 heteroatoms. The van der Waals surface area contributed by atoms with E-state index in [-0.39, 0.29) is 30.7 Å². The summed E-state index contributed by atoms with van der Waals surface area (Å²) in [4.78, 5) is 11.7. The van der Waals surface area contributed by atoms with E-state index in [2.05, 4.69) is 0 Å². The molecule has 0 unspecified atom stereocenters. The van der Waals surface area contributed by atoms with Gasteiger partial charge in [-0.25, -0.2) is 4.39 Å². The molecule has 0 bridgehead atoms. The van der Waals surface area contributed by atoms with Crippen LogP contribution < -0.4 is 0 Å². The number of benzene rings is 1. The molecule has 0 aromatic heterocycles. The Hall–Kier alpha value is -1.22. The van der Waals surface area contributed by atoms with Crippen molar-refractivity contribution in [3.8, 4) is 0 Å². The second-order valence-electron chi connectivity index (χ2n) is 4.53.